The van der Waals surface area contributed by atoms with Gasteiger partial charge in [-0.3, -0.25) is 9.36 Å². The second-order valence-corrected chi connectivity index (χ2v) is 5.39. The molecule has 112 valence electrons. The number of thioether (sulfide) groups is 1. The molecule has 0 saturated carbocycles. The third-order valence-electron chi connectivity index (χ3n) is 3.09. The molecule has 2 rings (SSSR count). The summed E-state index contributed by atoms with van der Waals surface area (Å²) in [6, 6.07) is 8.02. The Morgan fingerprint density at radius 1 is 1.29 bits per heavy atom. The molecule has 0 atom stereocenters. The molecule has 0 bridgehead atoms. The molecule has 2 N–H and O–H groups in total. The van der Waals surface area contributed by atoms with Crippen molar-refractivity contribution in [1.29, 1.82) is 0 Å². The largest absolute Gasteiger partial charge is 0.481 e. The summed E-state index contributed by atoms with van der Waals surface area (Å²) in [6.45, 7) is 2.38. The molecule has 0 aliphatic carbocycles. The number of aliphatic hydroxyl groups excluding tert-OH is 1. The molecule has 0 amide bonds. The first kappa shape index (κ1) is 15.5. The van der Waals surface area contributed by atoms with Crippen LogP contribution >= 0.6 is 11.8 Å². The van der Waals surface area contributed by atoms with Crippen molar-refractivity contribution >= 4 is 17.7 Å². The van der Waals surface area contributed by atoms with Crippen LogP contribution in [0, 0.1) is 0 Å². The Labute approximate surface area is 126 Å². The number of hydrogen-bond acceptors (Lipinski definition) is 5. The minimum atomic E-state index is -0.908. The summed E-state index contributed by atoms with van der Waals surface area (Å²) >= 11 is 1.10. The van der Waals surface area contributed by atoms with E-state index in [1.165, 1.54) is 5.56 Å². The van der Waals surface area contributed by atoms with E-state index < -0.39 is 5.97 Å². The topological polar surface area (TPSA) is 88.2 Å². The minimum Gasteiger partial charge on any atom is -0.481 e. The van der Waals surface area contributed by atoms with E-state index in [0.717, 1.165) is 23.7 Å². The van der Waals surface area contributed by atoms with Gasteiger partial charge in [-0.05, 0) is 17.5 Å². The maximum Gasteiger partial charge on any atom is 0.313 e. The summed E-state index contributed by atoms with van der Waals surface area (Å²) < 4.78 is 1.77. The Hall–Kier alpha value is -1.86. The molecular formula is C14H17N3O3S. The van der Waals surface area contributed by atoms with Gasteiger partial charge in [-0.1, -0.05) is 43.0 Å². The molecule has 21 heavy (non-hydrogen) atoms. The van der Waals surface area contributed by atoms with Gasteiger partial charge in [0.05, 0.1) is 12.3 Å². The molecular weight excluding hydrogens is 290 g/mol. The molecule has 0 saturated heterocycles. The number of aryl methyl sites for hydroxylation is 1. The second kappa shape index (κ2) is 7.24. The summed E-state index contributed by atoms with van der Waals surface area (Å²) in [5.74, 6) is -0.554. The van der Waals surface area contributed by atoms with E-state index in [9.17, 15) is 9.90 Å². The zero-order valence-electron chi connectivity index (χ0n) is 11.7. The van der Waals surface area contributed by atoms with Crippen molar-refractivity contribution in [3.8, 4) is 0 Å². The fourth-order valence-electron chi connectivity index (χ4n) is 2.05. The summed E-state index contributed by atoms with van der Waals surface area (Å²) in [7, 11) is 0. The molecule has 1 aromatic heterocycles. The van der Waals surface area contributed by atoms with Crippen molar-refractivity contribution in [2.24, 2.45) is 0 Å². The van der Waals surface area contributed by atoms with Gasteiger partial charge in [-0.25, -0.2) is 0 Å². The number of nitrogens with zero attached hydrogens (tertiary/aromatic N) is 3. The fraction of sp³-hybridized carbons (Fsp3) is 0.357. The van der Waals surface area contributed by atoms with Crippen LogP contribution in [0.2, 0.25) is 0 Å². The highest BCUT2D eigenvalue weighted by atomic mass is 32.2. The van der Waals surface area contributed by atoms with Gasteiger partial charge in [0.25, 0.3) is 0 Å². The summed E-state index contributed by atoms with van der Waals surface area (Å²) in [5.41, 5.74) is 2.33. The van der Waals surface area contributed by atoms with Gasteiger partial charge in [-0.15, -0.1) is 10.2 Å². The number of aliphatic hydroxyl groups is 1. The van der Waals surface area contributed by atoms with Gasteiger partial charge in [0, 0.05) is 0 Å². The Morgan fingerprint density at radius 3 is 2.62 bits per heavy atom. The summed E-state index contributed by atoms with van der Waals surface area (Å²) in [5, 5.41) is 26.5. The van der Waals surface area contributed by atoms with Crippen LogP contribution in [0.4, 0.5) is 0 Å². The van der Waals surface area contributed by atoms with E-state index in [0.29, 0.717) is 17.5 Å². The quantitative estimate of drug-likeness (QED) is 0.755. The van der Waals surface area contributed by atoms with Crippen molar-refractivity contribution in [2.75, 3.05) is 5.75 Å². The lowest BCUT2D eigenvalue weighted by atomic mass is 10.1. The van der Waals surface area contributed by atoms with Gasteiger partial charge in [0.2, 0.25) is 0 Å². The molecule has 1 heterocycles. The summed E-state index contributed by atoms with van der Waals surface area (Å²) in [6.07, 6.45) is 0.907. The molecule has 2 aromatic rings. The van der Waals surface area contributed by atoms with Crippen LogP contribution in [-0.2, 0) is 24.4 Å². The maximum absolute atomic E-state index is 10.7. The lowest BCUT2D eigenvalue weighted by Gasteiger charge is -2.12. The lowest BCUT2D eigenvalue weighted by Crippen LogP contribution is -2.09. The van der Waals surface area contributed by atoms with E-state index in [-0.39, 0.29) is 12.4 Å². The molecule has 0 unspecified atom stereocenters. The summed E-state index contributed by atoms with van der Waals surface area (Å²) in [4.78, 5) is 10.7. The molecule has 1 aromatic carbocycles. The third-order valence-corrected chi connectivity index (χ3v) is 4.04. The van der Waals surface area contributed by atoms with E-state index in [4.69, 9.17) is 5.11 Å². The van der Waals surface area contributed by atoms with Gasteiger partial charge >= 0.3 is 5.97 Å². The van der Waals surface area contributed by atoms with Crippen molar-refractivity contribution in [3.63, 3.8) is 0 Å². The zero-order valence-corrected chi connectivity index (χ0v) is 12.5. The van der Waals surface area contributed by atoms with E-state index in [1.54, 1.807) is 4.57 Å². The Kier molecular flexibility index (Phi) is 5.35. The average molecular weight is 307 g/mol. The predicted octanol–water partition coefficient (Wildman–Crippen LogP) is 1.56. The minimum absolute atomic E-state index is 0.0843. The van der Waals surface area contributed by atoms with Crippen molar-refractivity contribution in [2.45, 2.75) is 31.7 Å². The number of benzene rings is 1. The number of carbonyl (C=O) groups is 1. The van der Waals surface area contributed by atoms with Crippen LogP contribution in [0.3, 0.4) is 0 Å². The molecule has 7 heteroatoms. The van der Waals surface area contributed by atoms with Gasteiger partial charge in [0.15, 0.2) is 11.0 Å². The van der Waals surface area contributed by atoms with Gasteiger partial charge in [0.1, 0.15) is 6.61 Å². The van der Waals surface area contributed by atoms with Crippen LogP contribution in [0.15, 0.2) is 29.4 Å². The molecule has 0 fully saturated rings. The van der Waals surface area contributed by atoms with Gasteiger partial charge < -0.3 is 10.2 Å². The predicted molar refractivity (Wildman–Crippen MR) is 79.2 cm³/mol. The Morgan fingerprint density at radius 2 is 2.00 bits per heavy atom. The SMILES string of the molecule is CCc1ccccc1Cn1c(CO)nnc1SCC(=O)O. The highest BCUT2D eigenvalue weighted by molar-refractivity contribution is 7.99. The highest BCUT2D eigenvalue weighted by Gasteiger charge is 2.14. The van der Waals surface area contributed by atoms with Crippen molar-refractivity contribution in [3.05, 3.63) is 41.2 Å². The Bertz CT molecular complexity index is 628. The molecule has 0 aliphatic heterocycles. The first-order valence-corrected chi connectivity index (χ1v) is 7.58. The van der Waals surface area contributed by atoms with E-state index in [2.05, 4.69) is 23.2 Å². The van der Waals surface area contributed by atoms with Crippen LogP contribution in [0.5, 0.6) is 0 Å². The van der Waals surface area contributed by atoms with Crippen LogP contribution < -0.4 is 0 Å². The zero-order chi connectivity index (χ0) is 15.2. The van der Waals surface area contributed by atoms with Crippen LogP contribution in [-0.4, -0.2) is 36.7 Å². The Balaban J connectivity index is 2.28. The number of hydrogen-bond donors (Lipinski definition) is 2. The number of aromatic nitrogens is 3. The molecule has 0 radical (unpaired) electrons. The molecule has 0 aliphatic rings. The first-order valence-electron chi connectivity index (χ1n) is 6.60. The third kappa shape index (κ3) is 3.83. The first-order chi connectivity index (χ1) is 10.2. The van der Waals surface area contributed by atoms with Crippen LogP contribution in [0.25, 0.3) is 0 Å². The normalized spacial score (nSPS) is 10.8. The van der Waals surface area contributed by atoms with E-state index in [1.807, 2.05) is 18.2 Å². The van der Waals surface area contributed by atoms with Gasteiger partial charge in [-0.2, -0.15) is 0 Å². The van der Waals surface area contributed by atoms with Crippen molar-refractivity contribution in [1.82, 2.24) is 14.8 Å². The number of rotatable bonds is 7. The number of carboxylic acid groups (broad SMARTS) is 1. The second-order valence-electron chi connectivity index (χ2n) is 4.45. The van der Waals surface area contributed by atoms with Crippen LogP contribution in [0.1, 0.15) is 23.9 Å². The number of carboxylic acids is 1. The molecule has 0 spiro atoms. The maximum atomic E-state index is 10.7. The standard InChI is InChI=1S/C14H17N3O3S/c1-2-10-5-3-4-6-11(10)7-17-12(8-18)15-16-14(17)21-9-13(19)20/h3-6,18H,2,7-9H2,1H3,(H,19,20). The number of aliphatic carboxylic acids is 1. The monoisotopic (exact) mass is 307 g/mol. The van der Waals surface area contributed by atoms with E-state index >= 15 is 0 Å². The van der Waals surface area contributed by atoms with Crippen molar-refractivity contribution < 1.29 is 15.0 Å². The fourth-order valence-corrected chi connectivity index (χ4v) is 2.73. The lowest BCUT2D eigenvalue weighted by molar-refractivity contribution is -0.133. The average Bonchev–Trinajstić information content (AvgIpc) is 2.87. The smallest absolute Gasteiger partial charge is 0.313 e. The highest BCUT2D eigenvalue weighted by Crippen LogP contribution is 2.20. The molecule has 6 nitrogen and oxygen atoms in total.